The van der Waals surface area contributed by atoms with E-state index in [1.807, 2.05) is 0 Å². The molecule has 0 N–H and O–H groups in total. The van der Waals surface area contributed by atoms with Crippen molar-refractivity contribution in [2.45, 2.75) is 26.7 Å². The first kappa shape index (κ1) is 9.22. The Labute approximate surface area is 66.5 Å². The monoisotopic (exact) mass is 190 g/mol. The zero-order chi connectivity index (χ0) is 7.11. The van der Waals surface area contributed by atoms with Gasteiger partial charge in [-0.05, 0) is 18.8 Å². The third-order valence-electron chi connectivity index (χ3n) is 1.55. The van der Waals surface area contributed by atoms with Crippen molar-refractivity contribution in [2.24, 2.45) is 5.92 Å². The average Bonchev–Trinajstić information content (AvgIpc) is 1.91. The summed E-state index contributed by atoms with van der Waals surface area (Å²) in [6.45, 7) is 4.46. The van der Waals surface area contributed by atoms with Crippen LogP contribution in [0.3, 0.4) is 0 Å². The van der Waals surface area contributed by atoms with Gasteiger partial charge in [-0.2, -0.15) is 0 Å². The minimum Gasteiger partial charge on any atom is -0.0883 e. The average molecular weight is 191 g/mol. The summed E-state index contributed by atoms with van der Waals surface area (Å²) in [5.74, 6) is 0.794. The second-order valence-electron chi connectivity index (χ2n) is 2.16. The molecule has 0 amide bonds. The SMILES string of the molecule is CCC(C=CCBr)CC. The highest BCUT2D eigenvalue weighted by atomic mass is 79.9. The largest absolute Gasteiger partial charge is 0.0883 e. The molecule has 9 heavy (non-hydrogen) atoms. The van der Waals surface area contributed by atoms with E-state index in [0.29, 0.717) is 0 Å². The second-order valence-corrected chi connectivity index (χ2v) is 2.81. The molecule has 0 aromatic rings. The zero-order valence-corrected chi connectivity index (χ0v) is 7.82. The van der Waals surface area contributed by atoms with Gasteiger partial charge in [0.05, 0.1) is 0 Å². The molecule has 0 saturated heterocycles. The van der Waals surface area contributed by atoms with E-state index < -0.39 is 0 Å². The highest BCUT2D eigenvalue weighted by Gasteiger charge is 1.94. The van der Waals surface area contributed by atoms with Crippen LogP contribution in [0.4, 0.5) is 0 Å². The molecule has 0 heterocycles. The van der Waals surface area contributed by atoms with Crippen LogP contribution >= 0.6 is 15.9 Å². The first-order valence-electron chi connectivity index (χ1n) is 3.57. The lowest BCUT2D eigenvalue weighted by atomic mass is 10.0. The summed E-state index contributed by atoms with van der Waals surface area (Å²) in [7, 11) is 0. The van der Waals surface area contributed by atoms with Gasteiger partial charge in [0.1, 0.15) is 0 Å². The predicted molar refractivity (Wildman–Crippen MR) is 47.0 cm³/mol. The summed E-state index contributed by atoms with van der Waals surface area (Å²) in [4.78, 5) is 0. The Balaban J connectivity index is 3.41. The molecule has 0 aromatic heterocycles. The molecular formula is C8H15Br. The molecule has 0 bridgehead atoms. The third kappa shape index (κ3) is 4.71. The molecule has 0 rings (SSSR count). The maximum Gasteiger partial charge on any atom is 0.0212 e. The van der Waals surface area contributed by atoms with Crippen LogP contribution in [0, 0.1) is 5.92 Å². The van der Waals surface area contributed by atoms with Gasteiger partial charge in [-0.3, -0.25) is 0 Å². The number of alkyl halides is 1. The Morgan fingerprint density at radius 3 is 2.22 bits per heavy atom. The topological polar surface area (TPSA) is 0 Å². The van der Waals surface area contributed by atoms with E-state index in [1.54, 1.807) is 0 Å². The van der Waals surface area contributed by atoms with E-state index in [-0.39, 0.29) is 0 Å². The van der Waals surface area contributed by atoms with E-state index in [9.17, 15) is 0 Å². The van der Waals surface area contributed by atoms with Crippen molar-refractivity contribution in [3.8, 4) is 0 Å². The summed E-state index contributed by atoms with van der Waals surface area (Å²) in [6, 6.07) is 0. The third-order valence-corrected chi connectivity index (χ3v) is 1.92. The van der Waals surface area contributed by atoms with Gasteiger partial charge in [0.25, 0.3) is 0 Å². The van der Waals surface area contributed by atoms with Crippen LogP contribution < -0.4 is 0 Å². The van der Waals surface area contributed by atoms with Crippen molar-refractivity contribution in [2.75, 3.05) is 5.33 Å². The highest BCUT2D eigenvalue weighted by Crippen LogP contribution is 2.08. The predicted octanol–water partition coefficient (Wildman–Crippen LogP) is 3.37. The Hall–Kier alpha value is 0.220. The molecule has 0 nitrogen and oxygen atoms in total. The maximum atomic E-state index is 3.35. The van der Waals surface area contributed by atoms with Crippen molar-refractivity contribution in [1.29, 1.82) is 0 Å². The van der Waals surface area contributed by atoms with Crippen LogP contribution in [0.5, 0.6) is 0 Å². The summed E-state index contributed by atoms with van der Waals surface area (Å²) < 4.78 is 0. The molecule has 0 spiro atoms. The zero-order valence-electron chi connectivity index (χ0n) is 6.23. The Morgan fingerprint density at radius 1 is 1.33 bits per heavy atom. The first-order valence-corrected chi connectivity index (χ1v) is 4.69. The van der Waals surface area contributed by atoms with Crippen LogP contribution in [-0.4, -0.2) is 5.33 Å². The Bertz CT molecular complexity index is 72.6. The maximum absolute atomic E-state index is 3.35. The number of hydrogen-bond donors (Lipinski definition) is 0. The lowest BCUT2D eigenvalue weighted by Crippen LogP contribution is -1.89. The fourth-order valence-electron chi connectivity index (χ4n) is 0.805. The van der Waals surface area contributed by atoms with Gasteiger partial charge in [0.15, 0.2) is 0 Å². The van der Waals surface area contributed by atoms with Gasteiger partial charge in [-0.1, -0.05) is 41.9 Å². The number of hydrogen-bond acceptors (Lipinski definition) is 0. The fraction of sp³-hybridized carbons (Fsp3) is 0.750. The van der Waals surface area contributed by atoms with Gasteiger partial charge >= 0.3 is 0 Å². The van der Waals surface area contributed by atoms with E-state index in [0.717, 1.165) is 11.2 Å². The van der Waals surface area contributed by atoms with Crippen LogP contribution in [0.1, 0.15) is 26.7 Å². The fourth-order valence-corrected chi connectivity index (χ4v) is 1.02. The number of rotatable bonds is 4. The molecule has 0 aromatic carbocycles. The molecule has 0 fully saturated rings. The molecular weight excluding hydrogens is 176 g/mol. The summed E-state index contributed by atoms with van der Waals surface area (Å²) >= 11 is 3.35. The molecule has 0 saturated carbocycles. The van der Waals surface area contributed by atoms with Crippen LogP contribution in [0.2, 0.25) is 0 Å². The van der Waals surface area contributed by atoms with Crippen LogP contribution in [-0.2, 0) is 0 Å². The van der Waals surface area contributed by atoms with Gasteiger partial charge in [0, 0.05) is 5.33 Å². The summed E-state index contributed by atoms with van der Waals surface area (Å²) in [6.07, 6.45) is 6.99. The highest BCUT2D eigenvalue weighted by molar-refractivity contribution is 9.09. The molecule has 54 valence electrons. The normalized spacial score (nSPS) is 11.6. The van der Waals surface area contributed by atoms with Crippen molar-refractivity contribution >= 4 is 15.9 Å². The lowest BCUT2D eigenvalue weighted by Gasteiger charge is -2.03. The van der Waals surface area contributed by atoms with Crippen molar-refractivity contribution in [3.05, 3.63) is 12.2 Å². The number of halogens is 1. The summed E-state index contributed by atoms with van der Waals surface area (Å²) in [5.41, 5.74) is 0. The quantitative estimate of drug-likeness (QED) is 0.472. The van der Waals surface area contributed by atoms with Crippen molar-refractivity contribution in [1.82, 2.24) is 0 Å². The molecule has 0 aliphatic heterocycles. The Kier molecular flexibility index (Phi) is 6.50. The van der Waals surface area contributed by atoms with Gasteiger partial charge in [-0.25, -0.2) is 0 Å². The van der Waals surface area contributed by atoms with Crippen molar-refractivity contribution in [3.63, 3.8) is 0 Å². The van der Waals surface area contributed by atoms with E-state index in [1.165, 1.54) is 12.8 Å². The van der Waals surface area contributed by atoms with Gasteiger partial charge in [-0.15, -0.1) is 0 Å². The van der Waals surface area contributed by atoms with Gasteiger partial charge < -0.3 is 0 Å². The second kappa shape index (κ2) is 6.34. The molecule has 0 radical (unpaired) electrons. The molecule has 0 aliphatic rings. The smallest absolute Gasteiger partial charge is 0.0212 e. The van der Waals surface area contributed by atoms with E-state index in [4.69, 9.17) is 0 Å². The standard InChI is InChI=1S/C8H15Br/c1-3-8(4-2)6-5-7-9/h5-6,8H,3-4,7H2,1-2H3. The van der Waals surface area contributed by atoms with Crippen LogP contribution in [0.15, 0.2) is 12.2 Å². The van der Waals surface area contributed by atoms with Crippen LogP contribution in [0.25, 0.3) is 0 Å². The molecule has 0 unspecified atom stereocenters. The minimum atomic E-state index is 0.794. The van der Waals surface area contributed by atoms with E-state index >= 15 is 0 Å². The molecule has 1 heteroatoms. The number of allylic oxidation sites excluding steroid dienone is 2. The molecule has 0 aliphatic carbocycles. The summed E-state index contributed by atoms with van der Waals surface area (Å²) in [5, 5.41) is 0.990. The van der Waals surface area contributed by atoms with Gasteiger partial charge in [0.2, 0.25) is 0 Å². The first-order chi connectivity index (χ1) is 4.35. The van der Waals surface area contributed by atoms with E-state index in [2.05, 4.69) is 41.9 Å². The Morgan fingerprint density at radius 2 is 1.89 bits per heavy atom. The van der Waals surface area contributed by atoms with Crippen molar-refractivity contribution < 1.29 is 0 Å². The molecule has 0 atom stereocenters. The minimum absolute atomic E-state index is 0.794. The lowest BCUT2D eigenvalue weighted by molar-refractivity contribution is 0.606.